The quantitative estimate of drug-likeness (QED) is 0.675. The topological polar surface area (TPSA) is 55.8 Å². The first-order chi connectivity index (χ1) is 12.7. The smallest absolute Gasteiger partial charge is 0.410 e. The standard InChI is InChI=1S/C22H33NO4/c1-5-26-19(24)17-8-6-16(7-9-17)18-10-11-22(14-18)12-13-23(15-22)20(25)27-21(2,3)4/h6,10,17H,5,7-9,11-15H2,1-4H3. The third-order valence-corrected chi connectivity index (χ3v) is 5.88. The van der Waals surface area contributed by atoms with E-state index >= 15 is 0 Å². The van der Waals surface area contributed by atoms with Crippen molar-refractivity contribution in [2.24, 2.45) is 11.3 Å². The first-order valence-corrected chi connectivity index (χ1v) is 10.2. The average Bonchev–Trinajstić information content (AvgIpc) is 3.21. The number of hydrogen-bond acceptors (Lipinski definition) is 4. The molecule has 0 saturated carbocycles. The van der Waals surface area contributed by atoms with Gasteiger partial charge in [0.05, 0.1) is 12.5 Å². The lowest BCUT2D eigenvalue weighted by molar-refractivity contribution is -0.148. The third kappa shape index (κ3) is 4.74. The molecule has 0 aromatic rings. The fourth-order valence-electron chi connectivity index (χ4n) is 4.46. The zero-order valence-corrected chi connectivity index (χ0v) is 17.2. The Hall–Kier alpha value is -1.78. The summed E-state index contributed by atoms with van der Waals surface area (Å²) in [5.74, 6) is -0.0488. The maximum Gasteiger partial charge on any atom is 0.410 e. The molecule has 1 amide bonds. The number of carbonyl (C=O) groups is 2. The van der Waals surface area contributed by atoms with Crippen LogP contribution in [0.5, 0.6) is 0 Å². The highest BCUT2D eigenvalue weighted by atomic mass is 16.6. The zero-order valence-electron chi connectivity index (χ0n) is 17.2. The summed E-state index contributed by atoms with van der Waals surface area (Å²) in [5.41, 5.74) is 2.53. The average molecular weight is 376 g/mol. The lowest BCUT2D eigenvalue weighted by Gasteiger charge is -2.27. The number of carbonyl (C=O) groups excluding carboxylic acids is 2. The molecule has 2 unspecified atom stereocenters. The Morgan fingerprint density at radius 3 is 2.67 bits per heavy atom. The number of esters is 1. The van der Waals surface area contributed by atoms with Crippen molar-refractivity contribution < 1.29 is 19.1 Å². The van der Waals surface area contributed by atoms with E-state index in [4.69, 9.17) is 9.47 Å². The van der Waals surface area contributed by atoms with Gasteiger partial charge < -0.3 is 14.4 Å². The molecule has 0 aromatic carbocycles. The summed E-state index contributed by atoms with van der Waals surface area (Å²) in [6.07, 6.45) is 10.1. The van der Waals surface area contributed by atoms with Crippen LogP contribution in [0.15, 0.2) is 23.3 Å². The molecule has 0 bridgehead atoms. The van der Waals surface area contributed by atoms with Crippen LogP contribution >= 0.6 is 0 Å². The minimum absolute atomic E-state index is 0.0128. The van der Waals surface area contributed by atoms with Gasteiger partial charge in [-0.15, -0.1) is 0 Å². The van der Waals surface area contributed by atoms with Crippen LogP contribution in [0.3, 0.4) is 0 Å². The molecule has 3 aliphatic rings. The van der Waals surface area contributed by atoms with Gasteiger partial charge in [-0.2, -0.15) is 0 Å². The number of ether oxygens (including phenoxy) is 2. The van der Waals surface area contributed by atoms with Gasteiger partial charge in [0, 0.05) is 13.1 Å². The van der Waals surface area contributed by atoms with E-state index in [9.17, 15) is 9.59 Å². The normalized spacial score (nSPS) is 28.1. The van der Waals surface area contributed by atoms with Crippen LogP contribution in [0.25, 0.3) is 0 Å². The Morgan fingerprint density at radius 1 is 1.26 bits per heavy atom. The van der Waals surface area contributed by atoms with Crippen LogP contribution < -0.4 is 0 Å². The lowest BCUT2D eigenvalue weighted by atomic mass is 9.80. The van der Waals surface area contributed by atoms with Crippen LogP contribution in [0.2, 0.25) is 0 Å². The van der Waals surface area contributed by atoms with E-state index in [1.165, 1.54) is 11.1 Å². The molecule has 2 atom stereocenters. The van der Waals surface area contributed by atoms with Crippen molar-refractivity contribution in [2.75, 3.05) is 19.7 Å². The van der Waals surface area contributed by atoms with Crippen LogP contribution in [-0.2, 0) is 14.3 Å². The summed E-state index contributed by atoms with van der Waals surface area (Å²) in [5, 5.41) is 0. The molecule has 1 heterocycles. The first kappa shape index (κ1) is 20.0. The van der Waals surface area contributed by atoms with Crippen molar-refractivity contribution in [2.45, 2.75) is 71.8 Å². The van der Waals surface area contributed by atoms with Crippen LogP contribution in [0, 0.1) is 11.3 Å². The number of hydrogen-bond donors (Lipinski definition) is 0. The maximum absolute atomic E-state index is 12.4. The second-order valence-corrected chi connectivity index (χ2v) is 9.21. The van der Waals surface area contributed by atoms with Crippen molar-refractivity contribution in [3.63, 3.8) is 0 Å². The Kier molecular flexibility index (Phi) is 5.68. The van der Waals surface area contributed by atoms with E-state index in [0.717, 1.165) is 51.6 Å². The Morgan fingerprint density at radius 2 is 2.04 bits per heavy atom. The van der Waals surface area contributed by atoms with Gasteiger partial charge >= 0.3 is 12.1 Å². The number of rotatable bonds is 3. The minimum Gasteiger partial charge on any atom is -0.466 e. The molecule has 0 aromatic heterocycles. The number of amides is 1. The minimum atomic E-state index is -0.450. The van der Waals surface area contributed by atoms with Crippen LogP contribution in [0.4, 0.5) is 4.79 Å². The van der Waals surface area contributed by atoms with Crippen molar-refractivity contribution in [1.82, 2.24) is 4.90 Å². The summed E-state index contributed by atoms with van der Waals surface area (Å²) in [6.45, 7) is 9.59. The van der Waals surface area contributed by atoms with Gasteiger partial charge in [-0.1, -0.05) is 12.2 Å². The zero-order chi connectivity index (χ0) is 19.7. The fraction of sp³-hybridized carbons (Fsp3) is 0.727. The summed E-state index contributed by atoms with van der Waals surface area (Å²) < 4.78 is 10.7. The molecule has 1 spiro atoms. The second-order valence-electron chi connectivity index (χ2n) is 9.21. The predicted molar refractivity (Wildman–Crippen MR) is 104 cm³/mol. The molecular weight excluding hydrogens is 342 g/mol. The van der Waals surface area contributed by atoms with E-state index in [-0.39, 0.29) is 23.4 Å². The molecule has 5 heteroatoms. The van der Waals surface area contributed by atoms with Crippen LogP contribution in [0.1, 0.15) is 66.2 Å². The van der Waals surface area contributed by atoms with Crippen molar-refractivity contribution >= 4 is 12.1 Å². The van der Waals surface area contributed by atoms with Gasteiger partial charge in [0.15, 0.2) is 0 Å². The van der Waals surface area contributed by atoms with E-state index in [1.807, 2.05) is 32.6 Å². The molecule has 150 valence electrons. The van der Waals surface area contributed by atoms with E-state index in [1.54, 1.807) is 0 Å². The van der Waals surface area contributed by atoms with Gasteiger partial charge in [-0.05, 0) is 82.8 Å². The summed E-state index contributed by atoms with van der Waals surface area (Å²) in [7, 11) is 0. The SMILES string of the molecule is CCOC(=O)C1CC=C(C2=CCC3(CCN(C(=O)OC(C)(C)C)C3)C2)CC1. The van der Waals surface area contributed by atoms with Gasteiger partial charge in [-0.3, -0.25) is 4.79 Å². The molecule has 3 rings (SSSR count). The summed E-state index contributed by atoms with van der Waals surface area (Å²) in [6, 6.07) is 0. The highest BCUT2D eigenvalue weighted by Crippen LogP contribution is 2.48. The van der Waals surface area contributed by atoms with E-state index in [0.29, 0.717) is 6.61 Å². The second kappa shape index (κ2) is 7.69. The molecule has 1 fully saturated rings. The molecular formula is C22H33NO4. The maximum atomic E-state index is 12.4. The van der Waals surface area contributed by atoms with Gasteiger partial charge in [-0.25, -0.2) is 4.79 Å². The van der Waals surface area contributed by atoms with Gasteiger partial charge in [0.2, 0.25) is 0 Å². The van der Waals surface area contributed by atoms with Crippen molar-refractivity contribution in [3.05, 3.63) is 23.3 Å². The van der Waals surface area contributed by atoms with E-state index in [2.05, 4.69) is 12.2 Å². The molecule has 0 radical (unpaired) electrons. The monoisotopic (exact) mass is 375 g/mol. The van der Waals surface area contributed by atoms with Gasteiger partial charge in [0.1, 0.15) is 5.60 Å². The molecule has 1 saturated heterocycles. The summed E-state index contributed by atoms with van der Waals surface area (Å²) in [4.78, 5) is 26.2. The Labute approximate surface area is 162 Å². The largest absolute Gasteiger partial charge is 0.466 e. The number of nitrogens with zero attached hydrogens (tertiary/aromatic N) is 1. The Balaban J connectivity index is 1.55. The Bertz CT molecular complexity index is 658. The van der Waals surface area contributed by atoms with Crippen molar-refractivity contribution in [3.8, 4) is 0 Å². The third-order valence-electron chi connectivity index (χ3n) is 5.88. The lowest BCUT2D eigenvalue weighted by Crippen LogP contribution is -2.36. The van der Waals surface area contributed by atoms with Crippen LogP contribution in [-0.4, -0.2) is 42.3 Å². The van der Waals surface area contributed by atoms with E-state index < -0.39 is 5.60 Å². The number of likely N-dealkylation sites (tertiary alicyclic amines) is 1. The molecule has 1 aliphatic heterocycles. The van der Waals surface area contributed by atoms with Gasteiger partial charge in [0.25, 0.3) is 0 Å². The predicted octanol–water partition coefficient (Wildman–Crippen LogP) is 4.62. The highest BCUT2D eigenvalue weighted by Gasteiger charge is 2.44. The molecule has 0 N–H and O–H groups in total. The summed E-state index contributed by atoms with van der Waals surface area (Å²) >= 11 is 0. The highest BCUT2D eigenvalue weighted by molar-refractivity contribution is 5.73. The molecule has 2 aliphatic carbocycles. The van der Waals surface area contributed by atoms with Crippen molar-refractivity contribution in [1.29, 1.82) is 0 Å². The molecule has 5 nitrogen and oxygen atoms in total. The molecule has 27 heavy (non-hydrogen) atoms. The first-order valence-electron chi connectivity index (χ1n) is 10.2. The number of allylic oxidation sites excluding steroid dienone is 4. The fourth-order valence-corrected chi connectivity index (χ4v) is 4.46.